The van der Waals surface area contributed by atoms with Crippen LogP contribution in [0.5, 0.6) is 0 Å². The molecule has 0 N–H and O–H groups in total. The zero-order valence-corrected chi connectivity index (χ0v) is 8.23. The van der Waals surface area contributed by atoms with E-state index in [2.05, 4.69) is 4.74 Å². The average molecular weight is 206 g/mol. The van der Waals surface area contributed by atoms with Gasteiger partial charge in [0.15, 0.2) is 0 Å². The van der Waals surface area contributed by atoms with Crippen molar-refractivity contribution in [3.63, 3.8) is 0 Å². The van der Waals surface area contributed by atoms with Gasteiger partial charge in [0.1, 0.15) is 0 Å². The minimum absolute atomic E-state index is 0.0487. The monoisotopic (exact) mass is 206 g/mol. The van der Waals surface area contributed by atoms with Gasteiger partial charge in [-0.2, -0.15) is 0 Å². The molecule has 78 valence electrons. The number of hydrogen-bond acceptors (Lipinski definition) is 4. The first-order valence-corrected chi connectivity index (χ1v) is 4.39. The lowest BCUT2D eigenvalue weighted by Crippen LogP contribution is -2.21. The van der Waals surface area contributed by atoms with Crippen molar-refractivity contribution in [1.29, 1.82) is 0 Å². The number of ether oxygens (including phenoxy) is 1. The molecule has 1 aromatic carbocycles. The fourth-order valence-corrected chi connectivity index (χ4v) is 1.04. The topological polar surface area (TPSA) is 60.4 Å². The molecule has 4 nitrogen and oxygen atoms in total. The molecule has 0 aliphatic heterocycles. The molecule has 0 saturated heterocycles. The van der Waals surface area contributed by atoms with Gasteiger partial charge in [-0.25, -0.2) is 4.79 Å². The van der Waals surface area contributed by atoms with E-state index in [1.807, 2.05) is 6.07 Å². The first kappa shape index (κ1) is 11.1. The lowest BCUT2D eigenvalue weighted by Gasteiger charge is -1.99. The lowest BCUT2D eigenvalue weighted by atomic mass is 10.1. The molecule has 1 rings (SSSR count). The fourth-order valence-electron chi connectivity index (χ4n) is 1.04. The van der Waals surface area contributed by atoms with E-state index in [1.165, 1.54) is 0 Å². The molecule has 0 fully saturated rings. The third kappa shape index (κ3) is 3.72. The van der Waals surface area contributed by atoms with Gasteiger partial charge >= 0.3 is 11.9 Å². The Labute approximate surface area is 86.9 Å². The van der Waals surface area contributed by atoms with Crippen LogP contribution in [0.2, 0.25) is 0 Å². The molecular weight excluding hydrogens is 196 g/mol. The Morgan fingerprint density at radius 1 is 1.13 bits per heavy atom. The maximum atomic E-state index is 11.2. The van der Waals surface area contributed by atoms with Gasteiger partial charge in [-0.1, -0.05) is 30.3 Å². The van der Waals surface area contributed by atoms with E-state index in [0.29, 0.717) is 5.56 Å². The van der Waals surface area contributed by atoms with Crippen LogP contribution in [0.3, 0.4) is 0 Å². The van der Waals surface area contributed by atoms with Crippen molar-refractivity contribution in [2.75, 3.05) is 0 Å². The van der Waals surface area contributed by atoms with E-state index in [1.54, 1.807) is 24.3 Å². The van der Waals surface area contributed by atoms with Crippen molar-refractivity contribution >= 4 is 17.7 Å². The molecule has 0 radical (unpaired) electrons. The van der Waals surface area contributed by atoms with Gasteiger partial charge in [-0.05, 0) is 5.56 Å². The van der Waals surface area contributed by atoms with E-state index >= 15 is 0 Å². The van der Waals surface area contributed by atoms with Crippen LogP contribution >= 0.6 is 0 Å². The van der Waals surface area contributed by atoms with Gasteiger partial charge in [0.2, 0.25) is 5.78 Å². The molecule has 0 aliphatic carbocycles. The highest BCUT2D eigenvalue weighted by Crippen LogP contribution is 2.00. The molecule has 0 amide bonds. The van der Waals surface area contributed by atoms with E-state index in [-0.39, 0.29) is 6.42 Å². The molecule has 0 saturated carbocycles. The molecule has 15 heavy (non-hydrogen) atoms. The highest BCUT2D eigenvalue weighted by atomic mass is 16.6. The minimum atomic E-state index is -1.11. The number of esters is 2. The SMILES string of the molecule is CC(=O)OC(=O)C(=O)Cc1ccccc1. The zero-order valence-electron chi connectivity index (χ0n) is 8.23. The van der Waals surface area contributed by atoms with Crippen LogP contribution in [-0.2, 0) is 25.5 Å². The van der Waals surface area contributed by atoms with Crippen LogP contribution < -0.4 is 0 Å². The number of carbonyl (C=O) groups is 3. The lowest BCUT2D eigenvalue weighted by molar-refractivity contribution is -0.162. The summed E-state index contributed by atoms with van der Waals surface area (Å²) < 4.78 is 4.16. The van der Waals surface area contributed by atoms with Gasteiger partial charge in [0.05, 0.1) is 0 Å². The van der Waals surface area contributed by atoms with Crippen LogP contribution in [0.4, 0.5) is 0 Å². The predicted molar refractivity (Wildman–Crippen MR) is 51.9 cm³/mol. The van der Waals surface area contributed by atoms with Crippen molar-refractivity contribution in [3.05, 3.63) is 35.9 Å². The van der Waals surface area contributed by atoms with Crippen molar-refractivity contribution in [2.24, 2.45) is 0 Å². The van der Waals surface area contributed by atoms with Crippen LogP contribution in [0.25, 0.3) is 0 Å². The van der Waals surface area contributed by atoms with E-state index < -0.39 is 17.7 Å². The fraction of sp³-hybridized carbons (Fsp3) is 0.182. The van der Waals surface area contributed by atoms with Gasteiger partial charge in [0, 0.05) is 13.3 Å². The second-order valence-electron chi connectivity index (χ2n) is 2.97. The number of carbonyl (C=O) groups excluding carboxylic acids is 3. The molecule has 1 aromatic rings. The summed E-state index contributed by atoms with van der Waals surface area (Å²) in [6.07, 6.45) is -0.0487. The average Bonchev–Trinajstić information content (AvgIpc) is 2.18. The van der Waals surface area contributed by atoms with Crippen molar-refractivity contribution < 1.29 is 19.1 Å². The Kier molecular flexibility index (Phi) is 3.74. The summed E-state index contributed by atoms with van der Waals surface area (Å²) in [5.41, 5.74) is 0.711. The summed E-state index contributed by atoms with van der Waals surface area (Å²) in [4.78, 5) is 32.6. The van der Waals surface area contributed by atoms with E-state index in [9.17, 15) is 14.4 Å². The molecular formula is C11H10O4. The van der Waals surface area contributed by atoms with Crippen LogP contribution in [0.1, 0.15) is 12.5 Å². The first-order chi connectivity index (χ1) is 7.09. The van der Waals surface area contributed by atoms with Gasteiger partial charge in [-0.3, -0.25) is 9.59 Å². The number of rotatable bonds is 3. The molecule has 0 spiro atoms. The Morgan fingerprint density at radius 2 is 1.73 bits per heavy atom. The summed E-state index contributed by atoms with van der Waals surface area (Å²) in [5.74, 6) is -2.61. The molecule has 0 aliphatic rings. The van der Waals surface area contributed by atoms with Gasteiger partial charge in [0.25, 0.3) is 0 Å². The summed E-state index contributed by atoms with van der Waals surface area (Å²) >= 11 is 0. The van der Waals surface area contributed by atoms with Crippen LogP contribution in [0, 0.1) is 0 Å². The van der Waals surface area contributed by atoms with Crippen molar-refractivity contribution in [1.82, 2.24) is 0 Å². The van der Waals surface area contributed by atoms with Crippen molar-refractivity contribution in [2.45, 2.75) is 13.3 Å². The third-order valence-corrected chi connectivity index (χ3v) is 1.67. The maximum absolute atomic E-state index is 11.2. The molecule has 0 heterocycles. The summed E-state index contributed by atoms with van der Waals surface area (Å²) in [6.45, 7) is 1.08. The summed E-state index contributed by atoms with van der Waals surface area (Å²) in [5, 5.41) is 0. The van der Waals surface area contributed by atoms with E-state index in [0.717, 1.165) is 6.92 Å². The zero-order chi connectivity index (χ0) is 11.3. The molecule has 0 unspecified atom stereocenters. The summed E-state index contributed by atoms with van der Waals surface area (Å²) in [6, 6.07) is 8.78. The Hall–Kier alpha value is -1.97. The Bertz CT molecular complexity index is 381. The second kappa shape index (κ2) is 5.05. The van der Waals surface area contributed by atoms with Crippen LogP contribution in [0.15, 0.2) is 30.3 Å². The minimum Gasteiger partial charge on any atom is -0.387 e. The van der Waals surface area contributed by atoms with Gasteiger partial charge in [-0.15, -0.1) is 0 Å². The Balaban J connectivity index is 2.56. The molecule has 0 atom stereocenters. The quantitative estimate of drug-likeness (QED) is 0.418. The predicted octanol–water partition coefficient (Wildman–Crippen LogP) is 0.888. The molecule has 0 bridgehead atoms. The molecule has 0 aromatic heterocycles. The summed E-state index contributed by atoms with van der Waals surface area (Å²) in [7, 11) is 0. The number of hydrogen-bond donors (Lipinski definition) is 0. The van der Waals surface area contributed by atoms with E-state index in [4.69, 9.17) is 0 Å². The highest BCUT2D eigenvalue weighted by molar-refractivity contribution is 6.35. The third-order valence-electron chi connectivity index (χ3n) is 1.67. The van der Waals surface area contributed by atoms with Gasteiger partial charge < -0.3 is 4.74 Å². The normalized spacial score (nSPS) is 9.40. The van der Waals surface area contributed by atoms with Crippen molar-refractivity contribution in [3.8, 4) is 0 Å². The molecule has 4 heteroatoms. The number of benzene rings is 1. The number of Topliss-reactive ketones (excluding diaryl/α,β-unsaturated/α-hetero) is 1. The first-order valence-electron chi connectivity index (χ1n) is 4.39. The second-order valence-corrected chi connectivity index (χ2v) is 2.97. The smallest absolute Gasteiger partial charge is 0.382 e. The number of ketones is 1. The standard InChI is InChI=1S/C11H10O4/c1-8(12)15-11(14)10(13)7-9-5-3-2-4-6-9/h2-6H,7H2,1H3. The Morgan fingerprint density at radius 3 is 2.27 bits per heavy atom. The largest absolute Gasteiger partial charge is 0.387 e. The highest BCUT2D eigenvalue weighted by Gasteiger charge is 2.17. The maximum Gasteiger partial charge on any atom is 0.382 e. The van der Waals surface area contributed by atoms with Crippen LogP contribution in [-0.4, -0.2) is 17.7 Å².